The van der Waals surface area contributed by atoms with Crippen LogP contribution in [0, 0.1) is 11.8 Å². The lowest BCUT2D eigenvalue weighted by Crippen LogP contribution is -2.41. The van der Waals surface area contributed by atoms with Crippen molar-refractivity contribution in [1.82, 2.24) is 9.80 Å². The van der Waals surface area contributed by atoms with Gasteiger partial charge in [0.1, 0.15) is 6.54 Å². The van der Waals surface area contributed by atoms with E-state index in [2.05, 4.69) is 29.2 Å². The highest BCUT2D eigenvalue weighted by atomic mass is 16.2. The molecule has 4 rings (SSSR count). The minimum absolute atomic E-state index is 0.160. The van der Waals surface area contributed by atoms with Crippen molar-refractivity contribution in [3.8, 4) is 0 Å². The SMILES string of the molecule is CN(Cc1ccc(N2CCCCC2)cc1)C(=O)CN1C(=O)[C@H]2CC=CC[C@H]2C1=O. The highest BCUT2D eigenvalue weighted by Gasteiger charge is 2.47. The Labute approximate surface area is 172 Å². The smallest absolute Gasteiger partial charge is 0.242 e. The monoisotopic (exact) mass is 395 g/mol. The van der Waals surface area contributed by atoms with Gasteiger partial charge in [-0.25, -0.2) is 0 Å². The number of allylic oxidation sites excluding steroid dienone is 2. The molecule has 0 saturated carbocycles. The molecule has 0 unspecified atom stereocenters. The van der Waals surface area contributed by atoms with Crippen LogP contribution in [0.2, 0.25) is 0 Å². The van der Waals surface area contributed by atoms with Gasteiger partial charge in [-0.05, 0) is 49.8 Å². The van der Waals surface area contributed by atoms with E-state index in [1.165, 1.54) is 29.8 Å². The zero-order valence-corrected chi connectivity index (χ0v) is 17.0. The third kappa shape index (κ3) is 4.07. The molecule has 0 N–H and O–H groups in total. The first-order valence-electron chi connectivity index (χ1n) is 10.6. The van der Waals surface area contributed by atoms with Crippen molar-refractivity contribution in [3.05, 3.63) is 42.0 Å². The third-order valence-corrected chi connectivity index (χ3v) is 6.40. The zero-order chi connectivity index (χ0) is 20.4. The molecule has 2 saturated heterocycles. The lowest BCUT2D eigenvalue weighted by molar-refractivity contribution is -0.146. The first-order valence-corrected chi connectivity index (χ1v) is 10.6. The van der Waals surface area contributed by atoms with Gasteiger partial charge in [0, 0.05) is 32.4 Å². The molecule has 1 aliphatic carbocycles. The maximum absolute atomic E-state index is 12.7. The van der Waals surface area contributed by atoms with E-state index in [1.807, 2.05) is 12.2 Å². The molecule has 2 atom stereocenters. The van der Waals surface area contributed by atoms with Crippen LogP contribution in [-0.2, 0) is 20.9 Å². The van der Waals surface area contributed by atoms with Crippen LogP contribution in [0.15, 0.2) is 36.4 Å². The van der Waals surface area contributed by atoms with Crippen molar-refractivity contribution in [2.45, 2.75) is 38.6 Å². The first kappa shape index (κ1) is 19.7. The van der Waals surface area contributed by atoms with Crippen molar-refractivity contribution < 1.29 is 14.4 Å². The molecule has 29 heavy (non-hydrogen) atoms. The summed E-state index contributed by atoms with van der Waals surface area (Å²) in [4.78, 5) is 42.9. The Morgan fingerprint density at radius 3 is 2.14 bits per heavy atom. The van der Waals surface area contributed by atoms with Crippen molar-refractivity contribution in [2.75, 3.05) is 31.6 Å². The predicted octanol–water partition coefficient (Wildman–Crippen LogP) is 2.59. The molecular formula is C23H29N3O3. The Kier molecular flexibility index (Phi) is 5.69. The number of benzene rings is 1. The van der Waals surface area contributed by atoms with E-state index in [1.54, 1.807) is 11.9 Å². The lowest BCUT2D eigenvalue weighted by Gasteiger charge is -2.29. The Bertz CT molecular complexity index is 785. The van der Waals surface area contributed by atoms with Crippen LogP contribution in [0.3, 0.4) is 0 Å². The van der Waals surface area contributed by atoms with Crippen LogP contribution < -0.4 is 4.90 Å². The number of hydrogen-bond acceptors (Lipinski definition) is 4. The van der Waals surface area contributed by atoms with E-state index in [-0.39, 0.29) is 36.1 Å². The summed E-state index contributed by atoms with van der Waals surface area (Å²) in [7, 11) is 1.72. The minimum Gasteiger partial charge on any atom is -0.372 e. The molecule has 2 heterocycles. The van der Waals surface area contributed by atoms with Gasteiger partial charge in [0.2, 0.25) is 17.7 Å². The molecule has 2 aliphatic heterocycles. The Hall–Kier alpha value is -2.63. The van der Waals surface area contributed by atoms with E-state index in [0.29, 0.717) is 19.4 Å². The van der Waals surface area contributed by atoms with E-state index in [9.17, 15) is 14.4 Å². The molecular weight excluding hydrogens is 366 g/mol. The molecule has 0 aromatic heterocycles. The first-order chi connectivity index (χ1) is 14.0. The van der Waals surface area contributed by atoms with E-state index < -0.39 is 0 Å². The van der Waals surface area contributed by atoms with Crippen molar-refractivity contribution in [3.63, 3.8) is 0 Å². The van der Waals surface area contributed by atoms with Gasteiger partial charge in [0.05, 0.1) is 11.8 Å². The molecule has 6 nitrogen and oxygen atoms in total. The average molecular weight is 396 g/mol. The topological polar surface area (TPSA) is 60.9 Å². The average Bonchev–Trinajstić information content (AvgIpc) is 3.00. The number of imide groups is 1. The fourth-order valence-electron chi connectivity index (χ4n) is 4.61. The summed E-state index contributed by atoms with van der Waals surface area (Å²) in [6, 6.07) is 8.34. The summed E-state index contributed by atoms with van der Waals surface area (Å²) in [5, 5.41) is 0. The number of hydrogen-bond donors (Lipinski definition) is 0. The quantitative estimate of drug-likeness (QED) is 0.568. The molecule has 0 bridgehead atoms. The van der Waals surface area contributed by atoms with Crippen molar-refractivity contribution in [1.29, 1.82) is 0 Å². The van der Waals surface area contributed by atoms with Crippen LogP contribution in [0.4, 0.5) is 5.69 Å². The highest BCUT2D eigenvalue weighted by Crippen LogP contribution is 2.34. The molecule has 3 aliphatic rings. The summed E-state index contributed by atoms with van der Waals surface area (Å²) in [5.74, 6) is -1.17. The zero-order valence-electron chi connectivity index (χ0n) is 17.0. The number of likely N-dealkylation sites (N-methyl/N-ethyl adjacent to an activating group) is 1. The van der Waals surface area contributed by atoms with Gasteiger partial charge >= 0.3 is 0 Å². The minimum atomic E-state index is -0.284. The summed E-state index contributed by atoms with van der Waals surface area (Å²) < 4.78 is 0. The number of piperidine rings is 1. The van der Waals surface area contributed by atoms with Gasteiger partial charge in [0.15, 0.2) is 0 Å². The second kappa shape index (κ2) is 8.39. The second-order valence-corrected chi connectivity index (χ2v) is 8.38. The largest absolute Gasteiger partial charge is 0.372 e. The van der Waals surface area contributed by atoms with E-state index in [4.69, 9.17) is 0 Å². The molecule has 3 amide bonds. The molecule has 6 heteroatoms. The standard InChI is InChI=1S/C23H29N3O3/c1-24(15-17-9-11-18(12-10-17)25-13-5-2-6-14-25)21(27)16-26-22(28)19-7-3-4-8-20(19)23(26)29/h3-4,9-12,19-20H,2,5-8,13-16H2,1H3/t19-,20+. The van der Waals surface area contributed by atoms with Gasteiger partial charge in [0.25, 0.3) is 0 Å². The molecule has 0 radical (unpaired) electrons. The summed E-state index contributed by atoms with van der Waals surface area (Å²) in [6.45, 7) is 2.51. The van der Waals surface area contributed by atoms with Crippen molar-refractivity contribution >= 4 is 23.4 Å². The van der Waals surface area contributed by atoms with Gasteiger partial charge in [-0.1, -0.05) is 24.3 Å². The van der Waals surface area contributed by atoms with Crippen LogP contribution in [0.25, 0.3) is 0 Å². The predicted molar refractivity (Wildman–Crippen MR) is 111 cm³/mol. The van der Waals surface area contributed by atoms with Crippen LogP contribution in [-0.4, -0.2) is 54.2 Å². The fraction of sp³-hybridized carbons (Fsp3) is 0.522. The Balaban J connectivity index is 1.34. The highest BCUT2D eigenvalue weighted by molar-refractivity contribution is 6.07. The molecule has 0 spiro atoms. The number of rotatable bonds is 5. The van der Waals surface area contributed by atoms with Crippen molar-refractivity contribution in [2.24, 2.45) is 11.8 Å². The normalized spacial score (nSPS) is 24.0. The fourth-order valence-corrected chi connectivity index (χ4v) is 4.61. The number of nitrogens with zero attached hydrogens (tertiary/aromatic N) is 3. The number of amides is 3. The number of anilines is 1. The van der Waals surface area contributed by atoms with Crippen LogP contribution in [0.5, 0.6) is 0 Å². The number of carbonyl (C=O) groups excluding carboxylic acids is 3. The van der Waals surface area contributed by atoms with Gasteiger partial charge in [-0.3, -0.25) is 19.3 Å². The second-order valence-electron chi connectivity index (χ2n) is 8.38. The Morgan fingerprint density at radius 2 is 1.55 bits per heavy atom. The number of likely N-dealkylation sites (tertiary alicyclic amines) is 1. The summed E-state index contributed by atoms with van der Waals surface area (Å²) in [6.07, 6.45) is 8.89. The molecule has 1 aromatic rings. The maximum atomic E-state index is 12.7. The molecule has 2 fully saturated rings. The van der Waals surface area contributed by atoms with Crippen LogP contribution in [0.1, 0.15) is 37.7 Å². The molecule has 1 aromatic carbocycles. The number of carbonyl (C=O) groups is 3. The summed E-state index contributed by atoms with van der Waals surface area (Å²) in [5.41, 5.74) is 2.27. The molecule has 154 valence electrons. The van der Waals surface area contributed by atoms with Crippen LogP contribution >= 0.6 is 0 Å². The van der Waals surface area contributed by atoms with E-state index >= 15 is 0 Å². The van der Waals surface area contributed by atoms with Gasteiger partial charge in [-0.15, -0.1) is 0 Å². The third-order valence-electron chi connectivity index (χ3n) is 6.40. The van der Waals surface area contributed by atoms with Gasteiger partial charge < -0.3 is 9.80 Å². The Morgan fingerprint density at radius 1 is 0.966 bits per heavy atom. The van der Waals surface area contributed by atoms with E-state index in [0.717, 1.165) is 18.7 Å². The maximum Gasteiger partial charge on any atom is 0.242 e. The number of fused-ring (bicyclic) bond motifs is 1. The van der Waals surface area contributed by atoms with Gasteiger partial charge in [-0.2, -0.15) is 0 Å². The lowest BCUT2D eigenvalue weighted by atomic mass is 9.85. The summed E-state index contributed by atoms with van der Waals surface area (Å²) >= 11 is 0.